The maximum absolute atomic E-state index is 14.3. The Hall–Kier alpha value is -2.45. The number of aromatic nitrogens is 2. The monoisotopic (exact) mass is 435 g/mol. The fourth-order valence-corrected chi connectivity index (χ4v) is 4.30. The van der Waals surface area contributed by atoms with Gasteiger partial charge in [0.25, 0.3) is 5.91 Å². The van der Waals surface area contributed by atoms with E-state index < -0.39 is 0 Å². The molecule has 3 N–H and O–H groups in total. The van der Waals surface area contributed by atoms with E-state index in [0.29, 0.717) is 37.6 Å². The summed E-state index contributed by atoms with van der Waals surface area (Å²) >= 11 is 0. The maximum Gasteiger partial charge on any atom is 0.274 e. The molecule has 1 aliphatic heterocycles. The summed E-state index contributed by atoms with van der Waals surface area (Å²) in [6, 6.07) is 6.47. The highest BCUT2D eigenvalue weighted by molar-refractivity contribution is 5.95. The molecule has 2 heterocycles. The van der Waals surface area contributed by atoms with Gasteiger partial charge in [0.15, 0.2) is 5.69 Å². The smallest absolute Gasteiger partial charge is 0.274 e. The number of rotatable bonds is 5. The van der Waals surface area contributed by atoms with Gasteiger partial charge in [-0.05, 0) is 44.2 Å². The van der Waals surface area contributed by atoms with Gasteiger partial charge in [0.1, 0.15) is 11.5 Å². The molecule has 1 fully saturated rings. The molecule has 0 bridgehead atoms. The highest BCUT2D eigenvalue weighted by atomic mass is 35.5. The number of likely N-dealkylation sites (tertiary alicyclic amines) is 1. The van der Waals surface area contributed by atoms with Crippen molar-refractivity contribution >= 4 is 24.2 Å². The standard InChI is InChI=1S/C21H26FN5O2.ClH/c22-16-7-1-2-8-18(16)27-17-9-3-6-15(17)19(25-27)21(29)26-12-4-5-14(13-26)20(28)24-11-10-23;/h1-2,7-8,14H,3-6,9-13,23H2,(H,24,28);1H. The van der Waals surface area contributed by atoms with E-state index >= 15 is 0 Å². The Bertz CT molecular complexity index is 932. The average Bonchev–Trinajstić information content (AvgIpc) is 3.35. The molecule has 1 unspecified atom stereocenters. The van der Waals surface area contributed by atoms with Crippen LogP contribution in [-0.2, 0) is 17.6 Å². The topological polar surface area (TPSA) is 93.2 Å². The highest BCUT2D eigenvalue weighted by Gasteiger charge is 2.33. The van der Waals surface area contributed by atoms with Gasteiger partial charge in [-0.3, -0.25) is 9.59 Å². The number of amides is 2. The van der Waals surface area contributed by atoms with Crippen molar-refractivity contribution in [1.29, 1.82) is 0 Å². The number of nitrogens with two attached hydrogens (primary N) is 1. The first-order valence-electron chi connectivity index (χ1n) is 10.2. The Kier molecular flexibility index (Phi) is 7.10. The molecule has 162 valence electrons. The summed E-state index contributed by atoms with van der Waals surface area (Å²) in [5.41, 5.74) is 8.03. The normalized spacial score (nSPS) is 17.9. The molecule has 2 aliphatic rings. The van der Waals surface area contributed by atoms with Crippen molar-refractivity contribution in [1.82, 2.24) is 20.0 Å². The van der Waals surface area contributed by atoms with Crippen LogP contribution in [0.3, 0.4) is 0 Å². The van der Waals surface area contributed by atoms with Gasteiger partial charge in [-0.2, -0.15) is 5.10 Å². The van der Waals surface area contributed by atoms with E-state index in [2.05, 4.69) is 10.4 Å². The Labute approximate surface area is 181 Å². The van der Waals surface area contributed by atoms with Crippen LogP contribution in [0.1, 0.15) is 41.0 Å². The minimum atomic E-state index is -0.363. The summed E-state index contributed by atoms with van der Waals surface area (Å²) < 4.78 is 15.9. The third-order valence-corrected chi connectivity index (χ3v) is 5.74. The van der Waals surface area contributed by atoms with Crippen LogP contribution in [-0.4, -0.2) is 52.7 Å². The van der Waals surface area contributed by atoms with Gasteiger partial charge in [0, 0.05) is 37.4 Å². The first-order chi connectivity index (χ1) is 14.1. The van der Waals surface area contributed by atoms with Gasteiger partial charge in [-0.25, -0.2) is 9.07 Å². The van der Waals surface area contributed by atoms with Crippen molar-refractivity contribution in [2.24, 2.45) is 11.7 Å². The molecule has 4 rings (SSSR count). The molecular formula is C21H27ClFN5O2. The zero-order chi connectivity index (χ0) is 20.4. The zero-order valence-electron chi connectivity index (χ0n) is 16.8. The van der Waals surface area contributed by atoms with Gasteiger partial charge in [-0.15, -0.1) is 12.4 Å². The van der Waals surface area contributed by atoms with Crippen LogP contribution < -0.4 is 11.1 Å². The summed E-state index contributed by atoms with van der Waals surface area (Å²) in [6.07, 6.45) is 3.98. The van der Waals surface area contributed by atoms with Gasteiger partial charge in [0.05, 0.1) is 5.92 Å². The van der Waals surface area contributed by atoms with Gasteiger partial charge in [0.2, 0.25) is 5.91 Å². The van der Waals surface area contributed by atoms with E-state index in [1.54, 1.807) is 27.8 Å². The van der Waals surface area contributed by atoms with Gasteiger partial charge < -0.3 is 16.0 Å². The second-order valence-corrected chi connectivity index (χ2v) is 7.66. The Morgan fingerprint density at radius 3 is 2.80 bits per heavy atom. The number of carbonyl (C=O) groups excluding carboxylic acids is 2. The fourth-order valence-electron chi connectivity index (χ4n) is 4.30. The quantitative estimate of drug-likeness (QED) is 0.749. The molecule has 9 heteroatoms. The molecule has 0 spiro atoms. The molecule has 1 aromatic heterocycles. The maximum atomic E-state index is 14.3. The Morgan fingerprint density at radius 2 is 2.03 bits per heavy atom. The number of nitrogens with one attached hydrogen (secondary N) is 1. The number of para-hydroxylation sites is 1. The van der Waals surface area contributed by atoms with E-state index in [-0.39, 0.29) is 36.0 Å². The molecule has 2 amide bonds. The lowest BCUT2D eigenvalue weighted by molar-refractivity contribution is -0.126. The molecule has 30 heavy (non-hydrogen) atoms. The lowest BCUT2D eigenvalue weighted by atomic mass is 9.96. The average molecular weight is 436 g/mol. The number of piperidine rings is 1. The summed E-state index contributed by atoms with van der Waals surface area (Å²) in [6.45, 7) is 1.79. The second kappa shape index (κ2) is 9.57. The van der Waals surface area contributed by atoms with E-state index in [0.717, 1.165) is 43.4 Å². The number of nitrogens with zero attached hydrogens (tertiary/aromatic N) is 3. The molecule has 7 nitrogen and oxygen atoms in total. The zero-order valence-corrected chi connectivity index (χ0v) is 17.6. The number of halogens is 2. The number of benzene rings is 1. The second-order valence-electron chi connectivity index (χ2n) is 7.66. The van der Waals surface area contributed by atoms with Crippen LogP contribution in [0, 0.1) is 11.7 Å². The molecule has 1 saturated heterocycles. The SMILES string of the molecule is Cl.NCCNC(=O)C1CCCN(C(=O)c2nn(-c3ccccc3F)c3c2CCC3)C1. The molecule has 1 aromatic carbocycles. The van der Waals surface area contributed by atoms with Gasteiger partial charge >= 0.3 is 0 Å². The lowest BCUT2D eigenvalue weighted by Gasteiger charge is -2.31. The van der Waals surface area contributed by atoms with Crippen molar-refractivity contribution in [2.75, 3.05) is 26.2 Å². The lowest BCUT2D eigenvalue weighted by Crippen LogP contribution is -2.46. The van der Waals surface area contributed by atoms with E-state index in [4.69, 9.17) is 5.73 Å². The fraction of sp³-hybridized carbons (Fsp3) is 0.476. The minimum absolute atomic E-state index is 0. The highest BCUT2D eigenvalue weighted by Crippen LogP contribution is 2.30. The molecule has 2 aromatic rings. The van der Waals surface area contributed by atoms with Crippen LogP contribution in [0.5, 0.6) is 0 Å². The third-order valence-electron chi connectivity index (χ3n) is 5.74. The van der Waals surface area contributed by atoms with Crippen LogP contribution in [0.25, 0.3) is 5.69 Å². The minimum Gasteiger partial charge on any atom is -0.355 e. The van der Waals surface area contributed by atoms with E-state index in [9.17, 15) is 14.0 Å². The number of carbonyl (C=O) groups is 2. The van der Waals surface area contributed by atoms with Gasteiger partial charge in [-0.1, -0.05) is 12.1 Å². The van der Waals surface area contributed by atoms with Crippen molar-refractivity contribution < 1.29 is 14.0 Å². The summed E-state index contributed by atoms with van der Waals surface area (Å²) in [5.74, 6) is -0.830. The van der Waals surface area contributed by atoms with Crippen molar-refractivity contribution in [3.63, 3.8) is 0 Å². The molecule has 0 radical (unpaired) electrons. The van der Waals surface area contributed by atoms with Crippen LogP contribution >= 0.6 is 12.4 Å². The van der Waals surface area contributed by atoms with Crippen molar-refractivity contribution in [2.45, 2.75) is 32.1 Å². The number of hydrogen-bond donors (Lipinski definition) is 2. The van der Waals surface area contributed by atoms with Crippen LogP contribution in [0.15, 0.2) is 24.3 Å². The Morgan fingerprint density at radius 1 is 1.23 bits per heavy atom. The van der Waals surface area contributed by atoms with Crippen molar-refractivity contribution in [3.05, 3.63) is 47.0 Å². The third kappa shape index (κ3) is 4.20. The predicted molar refractivity (Wildman–Crippen MR) is 113 cm³/mol. The first kappa shape index (κ1) is 22.2. The molecule has 1 atom stereocenters. The first-order valence-corrected chi connectivity index (χ1v) is 10.2. The molecular weight excluding hydrogens is 409 g/mol. The summed E-state index contributed by atoms with van der Waals surface area (Å²) in [5, 5.41) is 7.34. The summed E-state index contributed by atoms with van der Waals surface area (Å²) in [4.78, 5) is 27.3. The Balaban J connectivity index is 0.00000256. The molecule has 1 aliphatic carbocycles. The van der Waals surface area contributed by atoms with E-state index in [1.807, 2.05) is 0 Å². The largest absolute Gasteiger partial charge is 0.355 e. The summed E-state index contributed by atoms with van der Waals surface area (Å²) in [7, 11) is 0. The van der Waals surface area contributed by atoms with Crippen LogP contribution in [0.2, 0.25) is 0 Å². The van der Waals surface area contributed by atoms with Crippen molar-refractivity contribution in [3.8, 4) is 5.69 Å². The number of fused-ring (bicyclic) bond motifs is 1. The van der Waals surface area contributed by atoms with E-state index in [1.165, 1.54) is 6.07 Å². The predicted octanol–water partition coefficient (Wildman–Crippen LogP) is 1.85. The molecule has 0 saturated carbocycles. The van der Waals surface area contributed by atoms with Crippen LogP contribution in [0.4, 0.5) is 4.39 Å². The number of hydrogen-bond acceptors (Lipinski definition) is 4.